The Hall–Kier alpha value is -3.14. The average molecular weight is 375 g/mol. The molecule has 0 bridgehead atoms. The molecular formula is C24H22FNO2. The molecule has 28 heavy (non-hydrogen) atoms. The Morgan fingerprint density at radius 2 is 1.68 bits per heavy atom. The van der Waals surface area contributed by atoms with Crippen molar-refractivity contribution in [2.75, 3.05) is 6.54 Å². The minimum atomic E-state index is -0.615. The lowest BCUT2D eigenvalue weighted by Gasteiger charge is -2.39. The molecule has 1 amide bonds. The molecule has 0 N–H and O–H groups in total. The second-order valence-electron chi connectivity index (χ2n) is 7.01. The Morgan fingerprint density at radius 3 is 2.43 bits per heavy atom. The Balaban J connectivity index is 1.66. The molecule has 0 aliphatic carbocycles. The van der Waals surface area contributed by atoms with Gasteiger partial charge in [-0.05, 0) is 54.3 Å². The van der Waals surface area contributed by atoms with E-state index in [4.69, 9.17) is 4.74 Å². The van der Waals surface area contributed by atoms with Crippen LogP contribution in [0.5, 0.6) is 5.75 Å². The van der Waals surface area contributed by atoms with Gasteiger partial charge in [-0.1, -0.05) is 54.6 Å². The predicted octanol–water partition coefficient (Wildman–Crippen LogP) is 4.77. The van der Waals surface area contributed by atoms with Crippen molar-refractivity contribution in [1.29, 1.82) is 0 Å². The molecule has 0 spiro atoms. The van der Waals surface area contributed by atoms with Crippen LogP contribution >= 0.6 is 0 Å². The smallest absolute Gasteiger partial charge is 0.264 e. The number of hydrogen-bond donors (Lipinski definition) is 0. The minimum absolute atomic E-state index is 0.0762. The van der Waals surface area contributed by atoms with Crippen LogP contribution in [0.25, 0.3) is 0 Å². The monoisotopic (exact) mass is 375 g/mol. The lowest BCUT2D eigenvalue weighted by atomic mass is 9.88. The van der Waals surface area contributed by atoms with E-state index in [9.17, 15) is 9.18 Å². The van der Waals surface area contributed by atoms with E-state index in [0.29, 0.717) is 12.3 Å². The minimum Gasteiger partial charge on any atom is -0.481 e. The maximum atomic E-state index is 13.5. The number of hydrogen-bond acceptors (Lipinski definition) is 2. The molecule has 0 saturated carbocycles. The molecule has 3 aromatic rings. The molecule has 0 radical (unpaired) electrons. The van der Waals surface area contributed by atoms with E-state index in [1.807, 2.05) is 53.4 Å². The number of ether oxygens (including phenoxy) is 1. The third-order valence-corrected chi connectivity index (χ3v) is 5.16. The first-order valence-electron chi connectivity index (χ1n) is 9.49. The van der Waals surface area contributed by atoms with Crippen molar-refractivity contribution >= 4 is 5.91 Å². The number of amides is 1. The molecule has 4 rings (SSSR count). The van der Waals surface area contributed by atoms with Gasteiger partial charge in [0.25, 0.3) is 5.91 Å². The molecule has 3 aromatic carbocycles. The van der Waals surface area contributed by atoms with Crippen LogP contribution in [0.4, 0.5) is 4.39 Å². The zero-order valence-electron chi connectivity index (χ0n) is 15.7. The van der Waals surface area contributed by atoms with E-state index >= 15 is 0 Å². The van der Waals surface area contributed by atoms with Gasteiger partial charge in [-0.15, -0.1) is 0 Å². The average Bonchev–Trinajstić information content (AvgIpc) is 2.74. The molecule has 0 fully saturated rings. The summed E-state index contributed by atoms with van der Waals surface area (Å²) >= 11 is 0. The van der Waals surface area contributed by atoms with Crippen molar-refractivity contribution in [3.8, 4) is 5.75 Å². The van der Waals surface area contributed by atoms with Gasteiger partial charge in [0, 0.05) is 6.54 Å². The van der Waals surface area contributed by atoms with Crippen molar-refractivity contribution in [2.45, 2.75) is 25.5 Å². The van der Waals surface area contributed by atoms with Gasteiger partial charge in [0.2, 0.25) is 0 Å². The van der Waals surface area contributed by atoms with Gasteiger partial charge in [-0.3, -0.25) is 4.79 Å². The summed E-state index contributed by atoms with van der Waals surface area (Å²) in [5.41, 5.74) is 3.20. The number of carbonyl (C=O) groups is 1. The first-order valence-corrected chi connectivity index (χ1v) is 9.49. The third-order valence-electron chi connectivity index (χ3n) is 5.16. The topological polar surface area (TPSA) is 29.5 Å². The lowest BCUT2D eigenvalue weighted by molar-refractivity contribution is -0.140. The SMILES string of the molecule is C[C@H](Oc1ccccc1)C(=O)N1CCc2ccccc2[C@@H]1c1ccc(F)cc1. The molecule has 142 valence electrons. The molecule has 0 aromatic heterocycles. The molecule has 2 atom stereocenters. The van der Waals surface area contributed by atoms with Crippen molar-refractivity contribution in [1.82, 2.24) is 4.90 Å². The fourth-order valence-electron chi connectivity index (χ4n) is 3.80. The Kier molecular flexibility index (Phi) is 5.11. The molecule has 0 saturated heterocycles. The van der Waals surface area contributed by atoms with E-state index in [1.54, 1.807) is 19.1 Å². The van der Waals surface area contributed by atoms with Gasteiger partial charge in [-0.25, -0.2) is 4.39 Å². The standard InChI is InChI=1S/C24H22FNO2/c1-17(28-21-8-3-2-4-9-21)24(27)26-16-15-18-7-5-6-10-22(18)23(26)19-11-13-20(25)14-12-19/h2-14,17,23H,15-16H2,1H3/t17-,23-/m0/s1. The van der Waals surface area contributed by atoms with Gasteiger partial charge in [0.15, 0.2) is 6.10 Å². The first-order chi connectivity index (χ1) is 13.6. The fraction of sp³-hybridized carbons (Fsp3) is 0.208. The van der Waals surface area contributed by atoms with Gasteiger partial charge < -0.3 is 9.64 Å². The number of halogens is 1. The first kappa shape index (κ1) is 18.2. The summed E-state index contributed by atoms with van der Waals surface area (Å²) in [4.78, 5) is 15.1. The Morgan fingerprint density at radius 1 is 1.00 bits per heavy atom. The normalized spacial score (nSPS) is 16.9. The molecule has 1 aliphatic rings. The summed E-state index contributed by atoms with van der Waals surface area (Å²) in [6.45, 7) is 2.37. The lowest BCUT2D eigenvalue weighted by Crippen LogP contribution is -2.46. The van der Waals surface area contributed by atoms with Gasteiger partial charge >= 0.3 is 0 Å². The van der Waals surface area contributed by atoms with Crippen LogP contribution < -0.4 is 4.74 Å². The molecule has 3 nitrogen and oxygen atoms in total. The largest absolute Gasteiger partial charge is 0.481 e. The van der Waals surface area contributed by atoms with E-state index in [0.717, 1.165) is 17.5 Å². The highest BCUT2D eigenvalue weighted by Crippen LogP contribution is 2.35. The number of rotatable bonds is 4. The molecule has 1 heterocycles. The van der Waals surface area contributed by atoms with Gasteiger partial charge in [0.1, 0.15) is 11.6 Å². The van der Waals surface area contributed by atoms with Crippen molar-refractivity contribution in [2.24, 2.45) is 0 Å². The van der Waals surface area contributed by atoms with E-state index < -0.39 is 6.10 Å². The van der Waals surface area contributed by atoms with Crippen LogP contribution in [-0.4, -0.2) is 23.5 Å². The molecule has 4 heteroatoms. The van der Waals surface area contributed by atoms with Crippen LogP contribution in [0.2, 0.25) is 0 Å². The van der Waals surface area contributed by atoms with Crippen LogP contribution in [0.1, 0.15) is 29.7 Å². The molecular weight excluding hydrogens is 353 g/mol. The maximum Gasteiger partial charge on any atom is 0.264 e. The third kappa shape index (κ3) is 3.63. The van der Waals surface area contributed by atoms with Crippen LogP contribution in [-0.2, 0) is 11.2 Å². The van der Waals surface area contributed by atoms with Crippen molar-refractivity contribution in [3.63, 3.8) is 0 Å². The highest BCUT2D eigenvalue weighted by atomic mass is 19.1. The van der Waals surface area contributed by atoms with Crippen LogP contribution in [0, 0.1) is 5.82 Å². The summed E-state index contributed by atoms with van der Waals surface area (Å²) in [6.07, 6.45) is 0.174. The summed E-state index contributed by atoms with van der Waals surface area (Å²) in [5.74, 6) is 0.304. The van der Waals surface area contributed by atoms with E-state index in [1.165, 1.54) is 17.7 Å². The van der Waals surface area contributed by atoms with Crippen LogP contribution in [0.3, 0.4) is 0 Å². The number of para-hydroxylation sites is 1. The second kappa shape index (κ2) is 7.85. The van der Waals surface area contributed by atoms with Gasteiger partial charge in [-0.2, -0.15) is 0 Å². The molecule has 1 aliphatic heterocycles. The second-order valence-corrected chi connectivity index (χ2v) is 7.01. The summed E-state index contributed by atoms with van der Waals surface area (Å²) in [7, 11) is 0. The van der Waals surface area contributed by atoms with E-state index in [2.05, 4.69) is 6.07 Å². The predicted molar refractivity (Wildman–Crippen MR) is 107 cm³/mol. The number of benzene rings is 3. The highest BCUT2D eigenvalue weighted by Gasteiger charge is 2.34. The fourth-order valence-corrected chi connectivity index (χ4v) is 3.80. The van der Waals surface area contributed by atoms with Crippen molar-refractivity contribution in [3.05, 3.63) is 101 Å². The Bertz CT molecular complexity index is 956. The number of carbonyl (C=O) groups excluding carboxylic acids is 1. The highest BCUT2D eigenvalue weighted by molar-refractivity contribution is 5.82. The van der Waals surface area contributed by atoms with Gasteiger partial charge in [0.05, 0.1) is 6.04 Å². The van der Waals surface area contributed by atoms with Crippen molar-refractivity contribution < 1.29 is 13.9 Å². The maximum absolute atomic E-state index is 13.5. The summed E-state index contributed by atoms with van der Waals surface area (Å²) in [6, 6.07) is 23.6. The summed E-state index contributed by atoms with van der Waals surface area (Å²) in [5, 5.41) is 0. The summed E-state index contributed by atoms with van der Waals surface area (Å²) < 4.78 is 19.3. The number of fused-ring (bicyclic) bond motifs is 1. The zero-order chi connectivity index (χ0) is 19.5. The molecule has 0 unspecified atom stereocenters. The number of nitrogens with zero attached hydrogens (tertiary/aromatic N) is 1. The van der Waals surface area contributed by atoms with Crippen LogP contribution in [0.15, 0.2) is 78.9 Å². The van der Waals surface area contributed by atoms with E-state index in [-0.39, 0.29) is 17.8 Å². The Labute approximate surface area is 164 Å². The zero-order valence-corrected chi connectivity index (χ0v) is 15.7. The quantitative estimate of drug-likeness (QED) is 0.658.